The Morgan fingerprint density at radius 3 is 2.29 bits per heavy atom. The molecule has 0 aromatic heterocycles. The fourth-order valence-corrected chi connectivity index (χ4v) is 5.18. The molecule has 10 atom stereocenters. The fraction of sp³-hybridized carbons (Fsp3) is 0.800. The number of carbonyl (C=O) groups excluding carboxylic acids is 3. The van der Waals surface area contributed by atoms with Crippen molar-refractivity contribution in [3.8, 4) is 0 Å². The van der Waals surface area contributed by atoms with E-state index in [9.17, 15) is 34.8 Å². The molecule has 0 radical (unpaired) electrons. The average Bonchev–Trinajstić information content (AvgIpc) is 3.04. The zero-order valence-electron chi connectivity index (χ0n) is 22.1. The van der Waals surface area contributed by atoms with Crippen LogP contribution in [0.2, 0.25) is 0 Å². The minimum absolute atomic E-state index is 0.0498. The zero-order chi connectivity index (χ0) is 28.4. The normalized spacial score (nSPS) is 38.6. The largest absolute Gasteiger partial charge is 0.462 e. The van der Waals surface area contributed by atoms with E-state index in [0.717, 1.165) is 13.8 Å². The molecule has 2 aliphatic heterocycles. The van der Waals surface area contributed by atoms with Crippen LogP contribution < -0.4 is 0 Å². The number of aliphatic hydroxyl groups excluding tert-OH is 3. The van der Waals surface area contributed by atoms with Gasteiger partial charge in [-0.15, -0.1) is 0 Å². The molecule has 3 aliphatic rings. The first-order valence-electron chi connectivity index (χ1n) is 12.6. The van der Waals surface area contributed by atoms with E-state index in [0.29, 0.717) is 5.57 Å². The van der Waals surface area contributed by atoms with Crippen LogP contribution >= 0.6 is 0 Å². The van der Waals surface area contributed by atoms with Gasteiger partial charge in [-0.1, -0.05) is 13.8 Å². The van der Waals surface area contributed by atoms with E-state index in [-0.39, 0.29) is 25.4 Å². The molecule has 3 rings (SSSR count). The summed E-state index contributed by atoms with van der Waals surface area (Å²) in [5.74, 6) is -3.28. The molecule has 13 heteroatoms. The fourth-order valence-electron chi connectivity index (χ4n) is 5.18. The lowest BCUT2D eigenvalue weighted by molar-refractivity contribution is -0.304. The standard InChI is InChI=1S/C25H38O13/c1-11(2)6-18(30)38-23-19-15(7-17(29)25(19,5)32)14(9-33-23)10-34-24-22(36-13(4)28)21(35-12(3)27)20(31)16(8-26)37-24/h9,11,15-17,19-24,26,29,31-32H,6-8,10H2,1-5H3/t15?,16-,17+,19?,20-,21+,22-,23?,24-,25-/m1/s1. The summed E-state index contributed by atoms with van der Waals surface area (Å²) in [6, 6.07) is 0. The summed E-state index contributed by atoms with van der Waals surface area (Å²) in [4.78, 5) is 35.7. The van der Waals surface area contributed by atoms with E-state index in [1.54, 1.807) is 0 Å². The second-order valence-corrected chi connectivity index (χ2v) is 10.6. The van der Waals surface area contributed by atoms with E-state index in [2.05, 4.69) is 0 Å². The van der Waals surface area contributed by atoms with E-state index >= 15 is 0 Å². The van der Waals surface area contributed by atoms with Gasteiger partial charge >= 0.3 is 17.9 Å². The van der Waals surface area contributed by atoms with Gasteiger partial charge in [-0.3, -0.25) is 14.4 Å². The number of hydrogen-bond donors (Lipinski definition) is 4. The molecule has 1 saturated heterocycles. The Morgan fingerprint density at radius 2 is 1.71 bits per heavy atom. The lowest BCUT2D eigenvalue weighted by atomic mass is 9.81. The molecule has 2 heterocycles. The summed E-state index contributed by atoms with van der Waals surface area (Å²) < 4.78 is 33.1. The van der Waals surface area contributed by atoms with Crippen LogP contribution in [0, 0.1) is 17.8 Å². The molecule has 0 aromatic rings. The van der Waals surface area contributed by atoms with Crippen LogP contribution in [0.25, 0.3) is 0 Å². The predicted octanol–water partition coefficient (Wildman–Crippen LogP) is -0.478. The highest BCUT2D eigenvalue weighted by molar-refractivity contribution is 5.69. The smallest absolute Gasteiger partial charge is 0.309 e. The minimum Gasteiger partial charge on any atom is -0.462 e. The first kappa shape index (κ1) is 30.3. The van der Waals surface area contributed by atoms with E-state index < -0.39 is 85.1 Å². The van der Waals surface area contributed by atoms with Crippen LogP contribution in [-0.4, -0.2) is 100 Å². The third-order valence-electron chi connectivity index (χ3n) is 7.02. The van der Waals surface area contributed by atoms with Crippen LogP contribution in [-0.2, 0) is 42.8 Å². The predicted molar refractivity (Wildman–Crippen MR) is 126 cm³/mol. The zero-order valence-corrected chi connectivity index (χ0v) is 22.1. The molecule has 38 heavy (non-hydrogen) atoms. The monoisotopic (exact) mass is 546 g/mol. The van der Waals surface area contributed by atoms with Gasteiger partial charge in [0.1, 0.15) is 12.2 Å². The summed E-state index contributed by atoms with van der Waals surface area (Å²) in [7, 11) is 0. The third kappa shape index (κ3) is 6.64. The van der Waals surface area contributed by atoms with Crippen LogP contribution in [0.1, 0.15) is 47.5 Å². The van der Waals surface area contributed by atoms with Crippen LogP contribution in [0.5, 0.6) is 0 Å². The Labute approximate surface area is 220 Å². The van der Waals surface area contributed by atoms with Crippen LogP contribution in [0.3, 0.4) is 0 Å². The van der Waals surface area contributed by atoms with Gasteiger partial charge in [-0.05, 0) is 24.8 Å². The molecule has 0 aromatic carbocycles. The van der Waals surface area contributed by atoms with E-state index in [1.165, 1.54) is 13.2 Å². The number of esters is 3. The maximum atomic E-state index is 12.3. The van der Waals surface area contributed by atoms with Crippen molar-refractivity contribution in [1.82, 2.24) is 0 Å². The van der Waals surface area contributed by atoms with Crippen molar-refractivity contribution >= 4 is 17.9 Å². The van der Waals surface area contributed by atoms with Gasteiger partial charge in [0.2, 0.25) is 6.29 Å². The van der Waals surface area contributed by atoms with Gasteiger partial charge in [0.25, 0.3) is 0 Å². The molecule has 0 spiro atoms. The van der Waals surface area contributed by atoms with Gasteiger partial charge in [0.15, 0.2) is 18.5 Å². The quantitative estimate of drug-likeness (QED) is 0.215. The summed E-state index contributed by atoms with van der Waals surface area (Å²) in [6.07, 6.45) is -7.49. The molecule has 0 amide bonds. The maximum Gasteiger partial charge on any atom is 0.309 e. The Balaban J connectivity index is 1.81. The Kier molecular flexibility index (Phi) is 9.76. The summed E-state index contributed by atoms with van der Waals surface area (Å²) in [5.41, 5.74) is -1.15. The lowest BCUT2D eigenvalue weighted by Gasteiger charge is -2.43. The number of fused-ring (bicyclic) bond motifs is 1. The summed E-state index contributed by atoms with van der Waals surface area (Å²) in [6.45, 7) is 6.55. The van der Waals surface area contributed by atoms with Crippen molar-refractivity contribution in [2.24, 2.45) is 17.8 Å². The summed E-state index contributed by atoms with van der Waals surface area (Å²) >= 11 is 0. The van der Waals surface area contributed by atoms with Crippen LogP contribution in [0.4, 0.5) is 0 Å². The van der Waals surface area contributed by atoms with Gasteiger partial charge < -0.3 is 48.8 Å². The second-order valence-electron chi connectivity index (χ2n) is 10.6. The first-order chi connectivity index (χ1) is 17.8. The van der Waals surface area contributed by atoms with Crippen molar-refractivity contribution in [1.29, 1.82) is 0 Å². The molecule has 3 unspecified atom stereocenters. The molecule has 2 fully saturated rings. The molecule has 0 bridgehead atoms. The maximum absolute atomic E-state index is 12.3. The molecule has 1 aliphatic carbocycles. The molecular formula is C25H38O13. The molecule has 13 nitrogen and oxygen atoms in total. The van der Waals surface area contributed by atoms with E-state index in [1.807, 2.05) is 13.8 Å². The Morgan fingerprint density at radius 1 is 1.08 bits per heavy atom. The lowest BCUT2D eigenvalue weighted by Crippen LogP contribution is -2.61. The molecule has 1 saturated carbocycles. The first-order valence-corrected chi connectivity index (χ1v) is 12.6. The van der Waals surface area contributed by atoms with E-state index in [4.69, 9.17) is 28.4 Å². The topological polar surface area (TPSA) is 188 Å². The van der Waals surface area contributed by atoms with Gasteiger partial charge in [-0.25, -0.2) is 0 Å². The van der Waals surface area contributed by atoms with Crippen molar-refractivity contribution in [3.05, 3.63) is 11.8 Å². The van der Waals surface area contributed by atoms with Gasteiger partial charge in [0, 0.05) is 26.2 Å². The van der Waals surface area contributed by atoms with Gasteiger partial charge in [-0.2, -0.15) is 0 Å². The SMILES string of the molecule is CC(=O)O[C@H]1[C@H](OCC2=COC(OC(=O)CC(C)C)C3C2C[C@H](O)[C@@]3(C)O)O[C@H](CO)[C@@H](O)[C@@H]1OC(C)=O. The molecular weight excluding hydrogens is 508 g/mol. The number of rotatable bonds is 9. The highest BCUT2D eigenvalue weighted by Gasteiger charge is 2.58. The summed E-state index contributed by atoms with van der Waals surface area (Å²) in [5, 5.41) is 41.8. The van der Waals surface area contributed by atoms with Crippen molar-refractivity contribution in [2.75, 3.05) is 13.2 Å². The number of hydrogen-bond acceptors (Lipinski definition) is 13. The Bertz CT molecular complexity index is 900. The van der Waals surface area contributed by atoms with Gasteiger partial charge in [0.05, 0.1) is 37.1 Å². The molecule has 4 N–H and O–H groups in total. The minimum atomic E-state index is -1.64. The second kappa shape index (κ2) is 12.3. The highest BCUT2D eigenvalue weighted by Crippen LogP contribution is 2.49. The number of carbonyl (C=O) groups is 3. The van der Waals surface area contributed by atoms with Crippen molar-refractivity contribution < 1.29 is 63.2 Å². The molecule has 216 valence electrons. The van der Waals surface area contributed by atoms with Crippen LogP contribution in [0.15, 0.2) is 11.8 Å². The highest BCUT2D eigenvalue weighted by atomic mass is 16.7. The Hall–Kier alpha value is -2.29. The number of ether oxygens (including phenoxy) is 6. The number of aliphatic hydroxyl groups is 4. The van der Waals surface area contributed by atoms with Crippen molar-refractivity contribution in [3.63, 3.8) is 0 Å². The van der Waals surface area contributed by atoms with Crippen molar-refractivity contribution in [2.45, 2.75) is 96.2 Å². The third-order valence-corrected chi connectivity index (χ3v) is 7.02. The average molecular weight is 547 g/mol.